The number of non-ortho nitro benzene ring substituents is 1. The van der Waals surface area contributed by atoms with Crippen LogP contribution < -0.4 is 5.73 Å². The zero-order chi connectivity index (χ0) is 23.4. The van der Waals surface area contributed by atoms with Gasteiger partial charge in [-0.2, -0.15) is 17.5 Å². The first kappa shape index (κ1) is 24.4. The second kappa shape index (κ2) is 9.54. The van der Waals surface area contributed by atoms with Crippen LogP contribution in [0.3, 0.4) is 0 Å². The van der Waals surface area contributed by atoms with E-state index in [1.807, 2.05) is 0 Å². The maximum Gasteiger partial charge on any atom is 0.391 e. The standard InChI is InChI=1S/C19H20F3N3O5S/c1-13-5-7-16(8-6-13)31(29,30)24(12-18(26)17(23)10-19(20,21)22)11-14-3-2-4-15(9-14)25(27)28/h2-9,17H,10-12,23H2,1H3/t17-/m0/s1. The number of nitro benzene ring substituents is 1. The molecule has 0 fully saturated rings. The summed E-state index contributed by atoms with van der Waals surface area (Å²) in [7, 11) is -4.32. The lowest BCUT2D eigenvalue weighted by molar-refractivity contribution is -0.384. The first-order valence-corrected chi connectivity index (χ1v) is 10.4. The summed E-state index contributed by atoms with van der Waals surface area (Å²) >= 11 is 0. The average Bonchev–Trinajstić information content (AvgIpc) is 2.66. The monoisotopic (exact) mass is 459 g/mol. The molecule has 2 N–H and O–H groups in total. The van der Waals surface area contributed by atoms with Crippen LogP contribution in [0.4, 0.5) is 18.9 Å². The van der Waals surface area contributed by atoms with Gasteiger partial charge in [-0.1, -0.05) is 29.8 Å². The number of alkyl halides is 3. The molecule has 0 amide bonds. The molecule has 0 saturated heterocycles. The number of carbonyl (C=O) groups excluding carboxylic acids is 1. The lowest BCUT2D eigenvalue weighted by Crippen LogP contribution is -2.44. The van der Waals surface area contributed by atoms with Gasteiger partial charge in [0.05, 0.1) is 28.8 Å². The van der Waals surface area contributed by atoms with Crippen molar-refractivity contribution in [3.05, 3.63) is 69.8 Å². The summed E-state index contributed by atoms with van der Waals surface area (Å²) in [6, 6.07) is 8.76. The smallest absolute Gasteiger partial charge is 0.321 e. The SMILES string of the molecule is Cc1ccc(S(=O)(=O)N(CC(=O)[C@@H](N)CC(F)(F)F)Cc2cccc([N+](=O)[O-])c2)cc1. The molecular formula is C19H20F3N3O5S. The molecule has 2 aromatic carbocycles. The van der Waals surface area contributed by atoms with E-state index in [0.29, 0.717) is 4.31 Å². The molecule has 0 unspecified atom stereocenters. The third kappa shape index (κ3) is 6.84. The molecule has 168 valence electrons. The molecule has 1 atom stereocenters. The highest BCUT2D eigenvalue weighted by Gasteiger charge is 2.35. The van der Waals surface area contributed by atoms with Gasteiger partial charge in [-0.15, -0.1) is 0 Å². The van der Waals surface area contributed by atoms with Crippen LogP contribution in [0.1, 0.15) is 17.5 Å². The normalized spacial score (nSPS) is 13.2. The Morgan fingerprint density at radius 3 is 2.35 bits per heavy atom. The number of ketones is 1. The van der Waals surface area contributed by atoms with Crippen molar-refractivity contribution < 1.29 is 31.3 Å². The lowest BCUT2D eigenvalue weighted by Gasteiger charge is -2.23. The highest BCUT2D eigenvalue weighted by Crippen LogP contribution is 2.24. The average molecular weight is 459 g/mol. The summed E-state index contributed by atoms with van der Waals surface area (Å²) in [6.07, 6.45) is -6.29. The summed E-state index contributed by atoms with van der Waals surface area (Å²) in [5, 5.41) is 11.0. The van der Waals surface area contributed by atoms with E-state index >= 15 is 0 Å². The van der Waals surface area contributed by atoms with Crippen molar-refractivity contribution in [1.82, 2.24) is 4.31 Å². The van der Waals surface area contributed by atoms with Crippen LogP contribution >= 0.6 is 0 Å². The van der Waals surface area contributed by atoms with Crippen molar-refractivity contribution in [2.45, 2.75) is 37.0 Å². The number of rotatable bonds is 9. The Morgan fingerprint density at radius 1 is 1.19 bits per heavy atom. The third-order valence-corrected chi connectivity index (χ3v) is 6.14. The Labute approximate surface area is 176 Å². The van der Waals surface area contributed by atoms with E-state index in [9.17, 15) is 36.5 Å². The minimum Gasteiger partial charge on any atom is -0.321 e. The van der Waals surface area contributed by atoms with Gasteiger partial charge in [0, 0.05) is 18.7 Å². The van der Waals surface area contributed by atoms with E-state index in [0.717, 1.165) is 11.6 Å². The van der Waals surface area contributed by atoms with Gasteiger partial charge in [0.25, 0.3) is 5.69 Å². The third-order valence-electron chi connectivity index (χ3n) is 4.34. The number of nitro groups is 1. The molecule has 0 spiro atoms. The number of Topliss-reactive ketones (excluding diaryl/α,β-unsaturated/α-hetero) is 1. The number of hydrogen-bond donors (Lipinski definition) is 1. The Hall–Kier alpha value is -2.83. The molecule has 2 aromatic rings. The molecule has 0 aliphatic carbocycles. The van der Waals surface area contributed by atoms with Crippen LogP contribution in [0.5, 0.6) is 0 Å². The quantitative estimate of drug-likeness (QED) is 0.454. The number of carbonyl (C=O) groups is 1. The molecule has 8 nitrogen and oxygen atoms in total. The highest BCUT2D eigenvalue weighted by molar-refractivity contribution is 7.89. The first-order chi connectivity index (χ1) is 14.3. The van der Waals surface area contributed by atoms with Crippen molar-refractivity contribution in [1.29, 1.82) is 0 Å². The van der Waals surface area contributed by atoms with E-state index in [2.05, 4.69) is 0 Å². The second-order valence-corrected chi connectivity index (χ2v) is 8.84. The Bertz CT molecular complexity index is 1060. The predicted octanol–water partition coefficient (Wildman–Crippen LogP) is 2.94. The number of halogens is 3. The number of nitrogens with zero attached hydrogens (tertiary/aromatic N) is 2. The summed E-state index contributed by atoms with van der Waals surface area (Å²) in [5.41, 5.74) is 5.98. The van der Waals surface area contributed by atoms with Gasteiger partial charge in [-0.25, -0.2) is 8.42 Å². The minimum atomic E-state index is -4.70. The van der Waals surface area contributed by atoms with Crippen molar-refractivity contribution in [2.24, 2.45) is 5.73 Å². The van der Waals surface area contributed by atoms with Crippen LogP contribution in [-0.2, 0) is 21.4 Å². The predicted molar refractivity (Wildman–Crippen MR) is 106 cm³/mol. The largest absolute Gasteiger partial charge is 0.391 e. The van der Waals surface area contributed by atoms with E-state index in [1.165, 1.54) is 42.5 Å². The maximum absolute atomic E-state index is 13.1. The van der Waals surface area contributed by atoms with Crippen molar-refractivity contribution in [3.63, 3.8) is 0 Å². The zero-order valence-corrected chi connectivity index (χ0v) is 17.2. The first-order valence-electron chi connectivity index (χ1n) is 8.95. The second-order valence-electron chi connectivity index (χ2n) is 6.91. The maximum atomic E-state index is 13.1. The number of nitrogens with two attached hydrogens (primary N) is 1. The van der Waals surface area contributed by atoms with Gasteiger partial charge in [-0.05, 0) is 24.6 Å². The van der Waals surface area contributed by atoms with Gasteiger partial charge >= 0.3 is 6.18 Å². The van der Waals surface area contributed by atoms with Crippen molar-refractivity contribution in [2.75, 3.05) is 6.54 Å². The summed E-state index contributed by atoms with van der Waals surface area (Å²) < 4.78 is 64.6. The van der Waals surface area contributed by atoms with Crippen LogP contribution in [0.2, 0.25) is 0 Å². The molecule has 0 radical (unpaired) electrons. The lowest BCUT2D eigenvalue weighted by atomic mass is 10.1. The Morgan fingerprint density at radius 2 is 1.81 bits per heavy atom. The molecular weight excluding hydrogens is 439 g/mol. The van der Waals surface area contributed by atoms with Crippen LogP contribution in [-0.4, -0.2) is 42.2 Å². The minimum absolute atomic E-state index is 0.180. The topological polar surface area (TPSA) is 124 Å². The number of sulfonamides is 1. The van der Waals surface area contributed by atoms with Crippen LogP contribution in [0.25, 0.3) is 0 Å². The number of benzene rings is 2. The molecule has 31 heavy (non-hydrogen) atoms. The molecule has 0 aromatic heterocycles. The zero-order valence-electron chi connectivity index (χ0n) is 16.4. The fourth-order valence-corrected chi connectivity index (χ4v) is 4.11. The van der Waals surface area contributed by atoms with Gasteiger partial charge in [0.2, 0.25) is 10.0 Å². The molecule has 0 heterocycles. The van der Waals surface area contributed by atoms with Gasteiger partial charge in [0.15, 0.2) is 5.78 Å². The van der Waals surface area contributed by atoms with E-state index in [1.54, 1.807) is 6.92 Å². The number of aryl methyl sites for hydroxylation is 1. The molecule has 12 heteroatoms. The Kier molecular flexibility index (Phi) is 7.52. The molecule has 0 saturated carbocycles. The van der Waals surface area contributed by atoms with Crippen molar-refractivity contribution in [3.8, 4) is 0 Å². The van der Waals surface area contributed by atoms with Gasteiger partial charge in [0.1, 0.15) is 0 Å². The van der Waals surface area contributed by atoms with Crippen LogP contribution in [0, 0.1) is 17.0 Å². The molecule has 0 aliphatic rings. The number of hydrogen-bond acceptors (Lipinski definition) is 6. The van der Waals surface area contributed by atoms with Crippen molar-refractivity contribution >= 4 is 21.5 Å². The summed E-state index contributed by atoms with van der Waals surface area (Å²) in [6.45, 7) is 0.343. The highest BCUT2D eigenvalue weighted by atomic mass is 32.2. The Balaban J connectivity index is 2.39. The molecule has 0 aliphatic heterocycles. The molecule has 2 rings (SSSR count). The van der Waals surface area contributed by atoms with Gasteiger partial charge < -0.3 is 5.73 Å². The van der Waals surface area contributed by atoms with Crippen LogP contribution in [0.15, 0.2) is 53.4 Å². The summed E-state index contributed by atoms with van der Waals surface area (Å²) in [5.74, 6) is -1.13. The molecule has 0 bridgehead atoms. The van der Waals surface area contributed by atoms with E-state index in [4.69, 9.17) is 5.73 Å². The fourth-order valence-electron chi connectivity index (χ4n) is 2.71. The fraction of sp³-hybridized carbons (Fsp3) is 0.316. The summed E-state index contributed by atoms with van der Waals surface area (Å²) in [4.78, 5) is 22.4. The van der Waals surface area contributed by atoms with Gasteiger partial charge in [-0.3, -0.25) is 14.9 Å². The van der Waals surface area contributed by atoms with E-state index in [-0.39, 0.29) is 16.1 Å². The van der Waals surface area contributed by atoms with E-state index < -0.39 is 52.5 Å².